The van der Waals surface area contributed by atoms with Crippen molar-refractivity contribution in [2.24, 2.45) is 0 Å². The highest BCUT2D eigenvalue weighted by Gasteiger charge is 2.30. The average molecular weight is 390 g/mol. The molecule has 0 spiro atoms. The third-order valence-corrected chi connectivity index (χ3v) is 5.30. The largest absolute Gasteiger partial charge is 0.337 e. The lowest BCUT2D eigenvalue weighted by molar-refractivity contribution is 0.620. The van der Waals surface area contributed by atoms with E-state index in [9.17, 15) is 14.0 Å². The van der Waals surface area contributed by atoms with Crippen LogP contribution in [0.3, 0.4) is 0 Å². The van der Waals surface area contributed by atoms with Crippen molar-refractivity contribution < 1.29 is 4.39 Å². The van der Waals surface area contributed by atoms with Crippen LogP contribution in [0.5, 0.6) is 0 Å². The predicted molar refractivity (Wildman–Crippen MR) is 108 cm³/mol. The zero-order valence-electron chi connectivity index (χ0n) is 15.9. The van der Waals surface area contributed by atoms with E-state index >= 15 is 0 Å². The number of aryl methyl sites for hydroxylation is 1. The van der Waals surface area contributed by atoms with Crippen molar-refractivity contribution in [1.29, 1.82) is 0 Å². The monoisotopic (exact) mass is 390 g/mol. The molecule has 146 valence electrons. The predicted octanol–water partition coefficient (Wildman–Crippen LogP) is 3.18. The van der Waals surface area contributed by atoms with Crippen molar-refractivity contribution in [3.63, 3.8) is 0 Å². The second kappa shape index (κ2) is 6.55. The summed E-state index contributed by atoms with van der Waals surface area (Å²) in [5.74, 6) is -0.453. The van der Waals surface area contributed by atoms with E-state index in [0.29, 0.717) is 17.7 Å². The molecule has 1 aliphatic rings. The average Bonchev–Trinajstić information content (AvgIpc) is 3.44. The van der Waals surface area contributed by atoms with E-state index < -0.39 is 11.5 Å². The van der Waals surface area contributed by atoms with Crippen molar-refractivity contribution in [2.45, 2.75) is 32.4 Å². The van der Waals surface area contributed by atoms with E-state index in [4.69, 9.17) is 0 Å². The van der Waals surface area contributed by atoms with Crippen LogP contribution >= 0.6 is 0 Å². The van der Waals surface area contributed by atoms with Crippen molar-refractivity contribution >= 4 is 11.2 Å². The minimum Gasteiger partial charge on any atom is -0.320 e. The number of hydrogen-bond donors (Lipinski definition) is 0. The van der Waals surface area contributed by atoms with Crippen LogP contribution in [0.15, 0.2) is 64.4 Å². The Morgan fingerprint density at radius 3 is 2.55 bits per heavy atom. The summed E-state index contributed by atoms with van der Waals surface area (Å²) in [5.41, 5.74) is 2.31. The van der Waals surface area contributed by atoms with Crippen LogP contribution in [0, 0.1) is 12.7 Å². The molecule has 5 rings (SSSR count). The van der Waals surface area contributed by atoms with Crippen LogP contribution in [0.2, 0.25) is 0 Å². The zero-order chi connectivity index (χ0) is 20.1. The van der Waals surface area contributed by atoms with E-state index in [2.05, 4.69) is 4.98 Å². The second-order valence-electron chi connectivity index (χ2n) is 7.53. The summed E-state index contributed by atoms with van der Waals surface area (Å²) in [4.78, 5) is 30.7. The molecule has 2 heterocycles. The first-order valence-corrected chi connectivity index (χ1v) is 9.57. The molecule has 1 saturated carbocycles. The molecule has 0 N–H and O–H groups in total. The van der Waals surface area contributed by atoms with E-state index in [-0.39, 0.29) is 17.2 Å². The first-order chi connectivity index (χ1) is 14.0. The second-order valence-corrected chi connectivity index (χ2v) is 7.53. The number of halogens is 1. The van der Waals surface area contributed by atoms with Gasteiger partial charge in [0.15, 0.2) is 11.2 Å². The fourth-order valence-electron chi connectivity index (χ4n) is 3.67. The number of nitrogens with zero attached hydrogens (tertiary/aromatic N) is 4. The van der Waals surface area contributed by atoms with E-state index in [0.717, 1.165) is 24.0 Å². The van der Waals surface area contributed by atoms with Crippen LogP contribution < -0.4 is 11.2 Å². The SMILES string of the molecule is Cc1ccc(Cn2cnc3c2c(=O)n(C2CC2)c(=O)n3-c2cccc(F)c2)cc1. The molecular formula is C22H19FN4O2. The van der Waals surface area contributed by atoms with Crippen LogP contribution in [0.1, 0.15) is 30.0 Å². The van der Waals surface area contributed by atoms with Crippen molar-refractivity contribution in [3.05, 3.63) is 92.6 Å². The number of hydrogen-bond acceptors (Lipinski definition) is 3. The molecule has 0 atom stereocenters. The van der Waals surface area contributed by atoms with Crippen LogP contribution in [-0.4, -0.2) is 18.7 Å². The number of imidazole rings is 1. The highest BCUT2D eigenvalue weighted by molar-refractivity contribution is 5.72. The smallest absolute Gasteiger partial charge is 0.320 e. The first kappa shape index (κ1) is 17.6. The molecule has 0 radical (unpaired) electrons. The van der Waals surface area contributed by atoms with Gasteiger partial charge in [-0.25, -0.2) is 18.7 Å². The minimum atomic E-state index is -0.476. The molecule has 2 aromatic heterocycles. The quantitative estimate of drug-likeness (QED) is 0.538. The van der Waals surface area contributed by atoms with E-state index in [1.807, 2.05) is 31.2 Å². The maximum absolute atomic E-state index is 13.9. The van der Waals surface area contributed by atoms with Gasteiger partial charge in [0.05, 0.1) is 12.0 Å². The Morgan fingerprint density at radius 1 is 1.10 bits per heavy atom. The third kappa shape index (κ3) is 2.99. The van der Waals surface area contributed by atoms with Gasteiger partial charge in [-0.05, 0) is 43.5 Å². The summed E-state index contributed by atoms with van der Waals surface area (Å²) in [6.45, 7) is 2.47. The van der Waals surface area contributed by atoms with Crippen LogP contribution in [0.25, 0.3) is 16.9 Å². The van der Waals surface area contributed by atoms with Crippen molar-refractivity contribution in [1.82, 2.24) is 18.7 Å². The van der Waals surface area contributed by atoms with E-state index in [1.165, 1.54) is 21.3 Å². The maximum Gasteiger partial charge on any atom is 0.337 e. The molecule has 7 heteroatoms. The van der Waals surface area contributed by atoms with Crippen molar-refractivity contribution in [2.75, 3.05) is 0 Å². The fourth-order valence-corrected chi connectivity index (χ4v) is 3.67. The lowest BCUT2D eigenvalue weighted by Crippen LogP contribution is -2.39. The normalized spacial score (nSPS) is 13.9. The van der Waals surface area contributed by atoms with Gasteiger partial charge in [-0.15, -0.1) is 0 Å². The number of benzene rings is 2. The van der Waals surface area contributed by atoms with Gasteiger partial charge in [0.25, 0.3) is 5.56 Å². The third-order valence-electron chi connectivity index (χ3n) is 5.30. The van der Waals surface area contributed by atoms with Gasteiger partial charge >= 0.3 is 5.69 Å². The molecule has 29 heavy (non-hydrogen) atoms. The standard InChI is InChI=1S/C22H19FN4O2/c1-14-5-7-15(8-6-14)12-25-13-24-20-19(25)21(28)27(17-9-10-17)22(29)26(20)18-4-2-3-16(23)11-18/h2-8,11,13,17H,9-10,12H2,1H3. The Morgan fingerprint density at radius 2 is 1.86 bits per heavy atom. The van der Waals surface area contributed by atoms with Gasteiger partial charge in [-0.1, -0.05) is 35.9 Å². The van der Waals surface area contributed by atoms with Gasteiger partial charge < -0.3 is 4.57 Å². The molecule has 0 bridgehead atoms. The number of rotatable bonds is 4. The Kier molecular flexibility index (Phi) is 3.97. The summed E-state index contributed by atoms with van der Waals surface area (Å²) < 4.78 is 18.2. The van der Waals surface area contributed by atoms with Crippen LogP contribution in [0.4, 0.5) is 4.39 Å². The summed E-state index contributed by atoms with van der Waals surface area (Å²) in [5, 5.41) is 0. The highest BCUT2D eigenvalue weighted by Crippen LogP contribution is 2.32. The zero-order valence-corrected chi connectivity index (χ0v) is 15.9. The van der Waals surface area contributed by atoms with Gasteiger partial charge in [0, 0.05) is 12.6 Å². The van der Waals surface area contributed by atoms with Crippen molar-refractivity contribution in [3.8, 4) is 5.69 Å². The molecule has 1 aliphatic carbocycles. The topological polar surface area (TPSA) is 61.8 Å². The molecule has 4 aromatic rings. The minimum absolute atomic E-state index is 0.109. The Hall–Kier alpha value is -3.48. The summed E-state index contributed by atoms with van der Waals surface area (Å²) >= 11 is 0. The lowest BCUT2D eigenvalue weighted by atomic mass is 10.1. The van der Waals surface area contributed by atoms with Gasteiger partial charge in [-0.3, -0.25) is 9.36 Å². The molecule has 2 aromatic carbocycles. The lowest BCUT2D eigenvalue weighted by Gasteiger charge is -2.12. The molecule has 0 unspecified atom stereocenters. The van der Waals surface area contributed by atoms with Gasteiger partial charge in [0.2, 0.25) is 0 Å². The van der Waals surface area contributed by atoms with Gasteiger partial charge in [-0.2, -0.15) is 0 Å². The number of fused-ring (bicyclic) bond motifs is 1. The molecule has 6 nitrogen and oxygen atoms in total. The Balaban J connectivity index is 1.77. The summed E-state index contributed by atoms with van der Waals surface area (Å²) in [6, 6.07) is 13.7. The number of aromatic nitrogens is 4. The molecular weight excluding hydrogens is 371 g/mol. The van der Waals surface area contributed by atoms with Crippen LogP contribution in [-0.2, 0) is 6.54 Å². The summed E-state index contributed by atoms with van der Waals surface area (Å²) in [6.07, 6.45) is 3.14. The molecule has 0 aliphatic heterocycles. The Labute approximate surface area is 165 Å². The first-order valence-electron chi connectivity index (χ1n) is 9.57. The molecule has 1 fully saturated rings. The van der Waals surface area contributed by atoms with E-state index in [1.54, 1.807) is 23.0 Å². The molecule has 0 saturated heterocycles. The van der Waals surface area contributed by atoms with Gasteiger partial charge in [0.1, 0.15) is 5.82 Å². The maximum atomic E-state index is 13.9. The fraction of sp³-hybridized carbons (Fsp3) is 0.227. The highest BCUT2D eigenvalue weighted by atomic mass is 19.1. The Bertz CT molecular complexity index is 1340. The molecule has 0 amide bonds. The summed E-state index contributed by atoms with van der Waals surface area (Å²) in [7, 11) is 0.